The molecule has 0 unspecified atom stereocenters. The lowest BCUT2D eigenvalue weighted by atomic mass is 9.90. The van der Waals surface area contributed by atoms with Crippen LogP contribution in [0.15, 0.2) is 48.7 Å². The Morgan fingerprint density at radius 3 is 2.37 bits per heavy atom. The van der Waals surface area contributed by atoms with Gasteiger partial charge in [-0.15, -0.1) is 0 Å². The third-order valence-electron chi connectivity index (χ3n) is 13.8. The molecule has 0 aliphatic carbocycles. The van der Waals surface area contributed by atoms with Gasteiger partial charge in [0.25, 0.3) is 0 Å². The summed E-state index contributed by atoms with van der Waals surface area (Å²) < 4.78 is 21.8. The molecule has 0 bridgehead atoms. The lowest BCUT2D eigenvalue weighted by Crippen LogP contribution is -2.55. The third kappa shape index (κ3) is 8.84. The zero-order chi connectivity index (χ0) is 46.1. The van der Waals surface area contributed by atoms with Crippen molar-refractivity contribution in [3.05, 3.63) is 65.9 Å². The van der Waals surface area contributed by atoms with E-state index in [9.17, 15) is 19.2 Å². The van der Waals surface area contributed by atoms with E-state index in [-0.39, 0.29) is 41.8 Å². The van der Waals surface area contributed by atoms with E-state index in [4.69, 9.17) is 28.9 Å². The minimum absolute atomic E-state index is 0.0303. The van der Waals surface area contributed by atoms with Crippen molar-refractivity contribution < 1.29 is 38.1 Å². The van der Waals surface area contributed by atoms with E-state index in [1.54, 1.807) is 0 Å². The Bertz CT molecular complexity index is 2560. The van der Waals surface area contributed by atoms with Gasteiger partial charge in [-0.25, -0.2) is 19.6 Å². The maximum absolute atomic E-state index is 14.5. The molecule has 0 spiro atoms. The fourth-order valence-corrected chi connectivity index (χ4v) is 9.96. The number of aromatic nitrogens is 4. The predicted molar refractivity (Wildman–Crippen MR) is 246 cm³/mol. The number of benzene rings is 3. The fraction of sp³-hybridized carbons (Fsp3) is 0.510. The number of imidazole rings is 2. The summed E-state index contributed by atoms with van der Waals surface area (Å²) in [6, 6.07) is 12.4. The van der Waals surface area contributed by atoms with E-state index < -0.39 is 30.3 Å². The second kappa shape index (κ2) is 19.1. The molecule has 3 aliphatic rings. The molecule has 4 N–H and O–H groups in total. The van der Waals surface area contributed by atoms with Crippen LogP contribution >= 0.6 is 0 Å². The Hall–Kier alpha value is -6.16. The number of ether oxygens (including phenoxy) is 4. The first kappa shape index (κ1) is 45.4. The van der Waals surface area contributed by atoms with Crippen LogP contribution in [0.25, 0.3) is 44.2 Å². The molecule has 3 aliphatic heterocycles. The second-order valence-electron chi connectivity index (χ2n) is 18.0. The molecule has 6 atom stereocenters. The van der Waals surface area contributed by atoms with Gasteiger partial charge in [0.05, 0.1) is 49.2 Å². The Balaban J connectivity index is 1.05. The first-order valence-corrected chi connectivity index (χ1v) is 23.0. The van der Waals surface area contributed by atoms with Gasteiger partial charge in [-0.05, 0) is 111 Å². The second-order valence-corrected chi connectivity index (χ2v) is 18.0. The summed E-state index contributed by atoms with van der Waals surface area (Å²) in [6.45, 7) is 13.4. The van der Waals surface area contributed by atoms with Crippen molar-refractivity contribution in [3.8, 4) is 28.1 Å². The molecule has 16 nitrogen and oxygen atoms in total. The Labute approximate surface area is 379 Å². The minimum Gasteiger partial charge on any atom is -0.488 e. The van der Waals surface area contributed by atoms with Crippen LogP contribution in [0.5, 0.6) is 5.75 Å². The van der Waals surface area contributed by atoms with Crippen LogP contribution in [0.2, 0.25) is 0 Å². The van der Waals surface area contributed by atoms with Gasteiger partial charge in [0, 0.05) is 36.2 Å². The molecular weight excluding hydrogens is 829 g/mol. The SMILES string of the molecule is CC[C@H]1CC[C@@H](c2ncc(-c3ccc4c(c3)COc3cc5c(ccc6[nH]c([C@H](C)N(C(=O)[C@@H](NC(=O)OC)C7CCOCC7)[C@@H](C)CC)nc65)cc3-4)[nH]2)N1C(=O)[C@@H](NC(=O)OC)C(C)C. The number of hydrogen-bond donors (Lipinski definition) is 4. The molecule has 5 heterocycles. The summed E-state index contributed by atoms with van der Waals surface area (Å²) in [5, 5.41) is 7.53. The van der Waals surface area contributed by atoms with Crippen molar-refractivity contribution in [2.45, 2.75) is 123 Å². The van der Waals surface area contributed by atoms with Gasteiger partial charge >= 0.3 is 12.2 Å². The number of fused-ring (bicyclic) bond motifs is 6. The smallest absolute Gasteiger partial charge is 0.407 e. The number of H-pyrrole nitrogens is 2. The van der Waals surface area contributed by atoms with E-state index in [0.717, 1.165) is 74.8 Å². The number of amides is 4. The van der Waals surface area contributed by atoms with Crippen LogP contribution in [-0.2, 0) is 30.4 Å². The molecule has 65 heavy (non-hydrogen) atoms. The molecule has 346 valence electrons. The Kier molecular flexibility index (Phi) is 13.4. The first-order valence-electron chi connectivity index (χ1n) is 23.0. The monoisotopic (exact) mass is 890 g/mol. The Morgan fingerprint density at radius 2 is 1.66 bits per heavy atom. The van der Waals surface area contributed by atoms with Crippen LogP contribution in [0.4, 0.5) is 9.59 Å². The van der Waals surface area contributed by atoms with Crippen LogP contribution in [0.3, 0.4) is 0 Å². The van der Waals surface area contributed by atoms with Crippen molar-refractivity contribution in [3.63, 3.8) is 0 Å². The van der Waals surface area contributed by atoms with Crippen LogP contribution in [0, 0.1) is 11.8 Å². The lowest BCUT2D eigenvalue weighted by Gasteiger charge is -2.39. The summed E-state index contributed by atoms with van der Waals surface area (Å²) >= 11 is 0. The van der Waals surface area contributed by atoms with Gasteiger partial charge in [-0.2, -0.15) is 0 Å². The number of rotatable bonds is 13. The van der Waals surface area contributed by atoms with Crippen molar-refractivity contribution in [2.75, 3.05) is 27.4 Å². The number of carbonyl (C=O) groups is 4. The van der Waals surface area contributed by atoms with E-state index in [2.05, 4.69) is 63.9 Å². The molecule has 3 aromatic carbocycles. The normalized spacial score (nSPS) is 19.2. The number of nitrogens with one attached hydrogen (secondary N) is 4. The lowest BCUT2D eigenvalue weighted by molar-refractivity contribution is -0.140. The minimum atomic E-state index is -0.761. The number of likely N-dealkylation sites (tertiary alicyclic amines) is 1. The highest BCUT2D eigenvalue weighted by Gasteiger charge is 2.43. The summed E-state index contributed by atoms with van der Waals surface area (Å²) in [5.41, 5.74) is 6.51. The number of methoxy groups -OCH3 is 2. The van der Waals surface area contributed by atoms with Gasteiger partial charge in [0.2, 0.25) is 11.8 Å². The number of aromatic amines is 2. The average Bonchev–Trinajstić information content (AvgIpc) is 4.10. The molecular formula is C49H62N8O8. The highest BCUT2D eigenvalue weighted by molar-refractivity contribution is 6.07. The highest BCUT2D eigenvalue weighted by Crippen LogP contribution is 2.44. The highest BCUT2D eigenvalue weighted by atomic mass is 16.5. The van der Waals surface area contributed by atoms with Gasteiger partial charge in [-0.1, -0.05) is 45.9 Å². The molecule has 5 aromatic rings. The topological polar surface area (TPSA) is 193 Å². The predicted octanol–water partition coefficient (Wildman–Crippen LogP) is 8.33. The average molecular weight is 891 g/mol. The van der Waals surface area contributed by atoms with E-state index >= 15 is 0 Å². The molecule has 2 saturated heterocycles. The number of carbonyl (C=O) groups excluding carboxylic acids is 4. The maximum Gasteiger partial charge on any atom is 0.407 e. The van der Waals surface area contributed by atoms with E-state index in [1.807, 2.05) is 56.7 Å². The van der Waals surface area contributed by atoms with Gasteiger partial charge in [0.1, 0.15) is 36.1 Å². The van der Waals surface area contributed by atoms with Crippen molar-refractivity contribution in [2.24, 2.45) is 11.8 Å². The molecule has 8 rings (SSSR count). The molecule has 4 amide bonds. The van der Waals surface area contributed by atoms with Gasteiger partial charge in [0.15, 0.2) is 0 Å². The Morgan fingerprint density at radius 1 is 0.908 bits per heavy atom. The van der Waals surface area contributed by atoms with Crippen LogP contribution in [-0.4, -0.2) is 105 Å². The summed E-state index contributed by atoms with van der Waals surface area (Å²) in [5.74, 6) is 1.60. The molecule has 0 radical (unpaired) electrons. The standard InChI is InChI=1S/C49H62N8O8/c1-9-27(5)56(47(59)42(55-49(61)63-8)29-17-19-64-20-18-29)28(6)44-51-37-15-12-30-22-36-34-14-11-31(21-32(34)25-65-40(36)23-35(30)43(37)53-44)38-24-50-45(52-38)39-16-13-33(10-2)57(39)46(58)41(26(3)4)54-48(60)62-7/h11-12,14-15,21-24,26-29,33,39,41-42H,9-10,13,16-20,25H2,1-8H3,(H,50,52)(H,51,53)(H,54,60)(H,55,61)/t27-,28-,33-,39-,41-,42-/m0/s1. The first-order chi connectivity index (χ1) is 31.3. The molecule has 16 heteroatoms. The number of hydrogen-bond acceptors (Lipinski definition) is 10. The largest absolute Gasteiger partial charge is 0.488 e. The summed E-state index contributed by atoms with van der Waals surface area (Å²) in [6.07, 6.45) is 4.99. The van der Waals surface area contributed by atoms with E-state index in [0.29, 0.717) is 50.7 Å². The van der Waals surface area contributed by atoms with Crippen molar-refractivity contribution in [1.82, 2.24) is 40.4 Å². The third-order valence-corrected chi connectivity index (χ3v) is 13.8. The number of nitrogens with zero attached hydrogens (tertiary/aromatic N) is 4. The van der Waals surface area contributed by atoms with Crippen molar-refractivity contribution >= 4 is 45.8 Å². The molecule has 0 saturated carbocycles. The molecule has 2 fully saturated rings. The zero-order valence-electron chi connectivity index (χ0n) is 38.7. The van der Waals surface area contributed by atoms with Crippen LogP contribution in [0.1, 0.15) is 109 Å². The van der Waals surface area contributed by atoms with Crippen LogP contribution < -0.4 is 15.4 Å². The van der Waals surface area contributed by atoms with E-state index in [1.165, 1.54) is 14.2 Å². The van der Waals surface area contributed by atoms with Crippen molar-refractivity contribution in [1.29, 1.82) is 0 Å². The quantitative estimate of drug-likeness (QED) is 0.0893. The number of alkyl carbamates (subject to hydrolysis) is 2. The summed E-state index contributed by atoms with van der Waals surface area (Å²) in [7, 11) is 2.60. The molecule has 2 aromatic heterocycles. The van der Waals surface area contributed by atoms with Gasteiger partial charge < -0.3 is 49.3 Å². The van der Waals surface area contributed by atoms with Gasteiger partial charge in [-0.3, -0.25) is 9.59 Å². The zero-order valence-corrected chi connectivity index (χ0v) is 38.7. The summed E-state index contributed by atoms with van der Waals surface area (Å²) in [4.78, 5) is 74.0. The fourth-order valence-electron chi connectivity index (χ4n) is 9.96. The maximum atomic E-state index is 14.5.